The van der Waals surface area contributed by atoms with Crippen LogP contribution in [-0.2, 0) is 16.1 Å². The van der Waals surface area contributed by atoms with Crippen LogP contribution in [0.3, 0.4) is 0 Å². The Labute approximate surface area is 140 Å². The topological polar surface area (TPSA) is 115 Å². The van der Waals surface area contributed by atoms with Gasteiger partial charge in [-0.1, -0.05) is 12.1 Å². The second kappa shape index (κ2) is 7.65. The Morgan fingerprint density at radius 1 is 1.29 bits per heavy atom. The van der Waals surface area contributed by atoms with E-state index in [1.165, 1.54) is 6.92 Å². The van der Waals surface area contributed by atoms with E-state index in [2.05, 4.69) is 4.98 Å². The highest BCUT2D eigenvalue weighted by Gasteiger charge is 2.17. The van der Waals surface area contributed by atoms with Gasteiger partial charge in [0.2, 0.25) is 0 Å². The van der Waals surface area contributed by atoms with Gasteiger partial charge in [0.25, 0.3) is 0 Å². The van der Waals surface area contributed by atoms with Crippen LogP contribution in [0.5, 0.6) is 0 Å². The highest BCUT2D eigenvalue weighted by atomic mass is 16.5. The van der Waals surface area contributed by atoms with E-state index in [0.29, 0.717) is 12.2 Å². The zero-order chi connectivity index (χ0) is 17.7. The molecule has 0 aliphatic heterocycles. The summed E-state index contributed by atoms with van der Waals surface area (Å²) in [7, 11) is 1.86. The number of rotatable bonds is 6. The molecule has 0 atom stereocenters. The van der Waals surface area contributed by atoms with Crippen LogP contribution < -0.4 is 16.4 Å². The van der Waals surface area contributed by atoms with E-state index in [1.54, 1.807) is 12.3 Å². The van der Waals surface area contributed by atoms with Gasteiger partial charge < -0.3 is 26.2 Å². The fraction of sp³-hybridized carbons (Fsp3) is 0.294. The minimum atomic E-state index is -0.372. The molecule has 0 unspecified atom stereocenters. The maximum atomic E-state index is 11.3. The first-order chi connectivity index (χ1) is 11.5. The molecule has 1 aromatic carbocycles. The third-order valence-electron chi connectivity index (χ3n) is 3.73. The van der Waals surface area contributed by atoms with Crippen LogP contribution in [0.4, 0.5) is 17.2 Å². The summed E-state index contributed by atoms with van der Waals surface area (Å²) in [5.74, 6) is -0.122. The lowest BCUT2D eigenvalue weighted by molar-refractivity contribution is -0.142. The van der Waals surface area contributed by atoms with Crippen molar-refractivity contribution in [1.29, 1.82) is 0 Å². The van der Waals surface area contributed by atoms with E-state index < -0.39 is 0 Å². The number of anilines is 3. The van der Waals surface area contributed by atoms with Gasteiger partial charge in [0, 0.05) is 43.5 Å². The average molecular weight is 330 g/mol. The smallest absolute Gasteiger partial charge is 0.302 e. The molecule has 0 amide bonds. The van der Waals surface area contributed by atoms with Crippen LogP contribution in [0.1, 0.15) is 12.5 Å². The molecule has 2 rings (SSSR count). The highest BCUT2D eigenvalue weighted by Crippen LogP contribution is 2.36. The van der Waals surface area contributed by atoms with Crippen molar-refractivity contribution in [3.8, 4) is 11.1 Å². The van der Waals surface area contributed by atoms with Crippen molar-refractivity contribution in [3.63, 3.8) is 0 Å². The van der Waals surface area contributed by atoms with Crippen LogP contribution in [0.25, 0.3) is 11.1 Å². The van der Waals surface area contributed by atoms with Gasteiger partial charge in [-0.25, -0.2) is 4.98 Å². The lowest BCUT2D eigenvalue weighted by atomic mass is 9.97. The Kier molecular flexibility index (Phi) is 5.59. The predicted octanol–water partition coefficient (Wildman–Crippen LogP) is 1.40. The van der Waals surface area contributed by atoms with E-state index in [0.717, 1.165) is 22.4 Å². The number of aliphatic hydroxyl groups excluding tert-OH is 1. The second-order valence-corrected chi connectivity index (χ2v) is 5.39. The number of benzene rings is 1. The minimum Gasteiger partial charge on any atom is -0.461 e. The Balaban J connectivity index is 2.59. The summed E-state index contributed by atoms with van der Waals surface area (Å²) in [6.45, 7) is 1.92. The van der Waals surface area contributed by atoms with Gasteiger partial charge in [0.15, 0.2) is 0 Å². The third-order valence-corrected chi connectivity index (χ3v) is 3.73. The summed E-state index contributed by atoms with van der Waals surface area (Å²) in [6.07, 6.45) is 1.58. The Morgan fingerprint density at radius 3 is 2.71 bits per heavy atom. The monoisotopic (exact) mass is 330 g/mol. The third kappa shape index (κ3) is 3.75. The number of esters is 1. The number of aliphatic hydroxyl groups is 1. The number of likely N-dealkylation sites (N-methyl/N-ethyl adjacent to an activating group) is 1. The molecule has 1 heterocycles. The first kappa shape index (κ1) is 17.6. The largest absolute Gasteiger partial charge is 0.461 e. The quantitative estimate of drug-likeness (QED) is 0.686. The van der Waals surface area contributed by atoms with Crippen LogP contribution in [0.2, 0.25) is 0 Å². The molecule has 0 fully saturated rings. The normalized spacial score (nSPS) is 10.5. The molecule has 0 saturated heterocycles. The van der Waals surface area contributed by atoms with Gasteiger partial charge in [0.1, 0.15) is 12.4 Å². The second-order valence-electron chi connectivity index (χ2n) is 5.39. The fourth-order valence-corrected chi connectivity index (χ4v) is 2.50. The maximum Gasteiger partial charge on any atom is 0.302 e. The summed E-state index contributed by atoms with van der Waals surface area (Å²) in [4.78, 5) is 17.1. The summed E-state index contributed by atoms with van der Waals surface area (Å²) in [5, 5.41) is 9.20. The number of carbonyl (C=O) groups is 1. The number of hydrogen-bond acceptors (Lipinski definition) is 7. The number of nitrogen functional groups attached to an aromatic ring is 2. The molecule has 1 aromatic heterocycles. The molecule has 5 N–H and O–H groups in total. The molecule has 24 heavy (non-hydrogen) atoms. The number of nitrogens with zero attached hydrogens (tertiary/aromatic N) is 2. The maximum absolute atomic E-state index is 11.3. The van der Waals surface area contributed by atoms with Crippen molar-refractivity contribution in [3.05, 3.63) is 36.0 Å². The van der Waals surface area contributed by atoms with Crippen molar-refractivity contribution < 1.29 is 14.6 Å². The lowest BCUT2D eigenvalue weighted by Crippen LogP contribution is -2.23. The minimum absolute atomic E-state index is 0.0120. The highest BCUT2D eigenvalue weighted by molar-refractivity contribution is 5.86. The van der Waals surface area contributed by atoms with Gasteiger partial charge in [-0.3, -0.25) is 4.79 Å². The van der Waals surface area contributed by atoms with Gasteiger partial charge in [-0.05, 0) is 17.7 Å². The fourth-order valence-electron chi connectivity index (χ4n) is 2.50. The molecule has 7 heteroatoms. The lowest BCUT2D eigenvalue weighted by Gasteiger charge is -2.24. The van der Waals surface area contributed by atoms with Gasteiger partial charge in [0.05, 0.1) is 12.3 Å². The van der Waals surface area contributed by atoms with Gasteiger partial charge in [-0.15, -0.1) is 0 Å². The molecule has 7 nitrogen and oxygen atoms in total. The van der Waals surface area contributed by atoms with E-state index in [-0.39, 0.29) is 25.0 Å². The molecule has 0 radical (unpaired) electrons. The molecule has 2 aromatic rings. The zero-order valence-corrected chi connectivity index (χ0v) is 13.8. The van der Waals surface area contributed by atoms with Crippen LogP contribution >= 0.6 is 0 Å². The molecule has 0 saturated carbocycles. The summed E-state index contributed by atoms with van der Waals surface area (Å²) in [6, 6.07) is 7.44. The molecular formula is C17H22N4O3. The average Bonchev–Trinajstić information content (AvgIpc) is 2.55. The van der Waals surface area contributed by atoms with Crippen LogP contribution in [0, 0.1) is 0 Å². The number of carbonyl (C=O) groups excluding carboxylic acids is 1. The number of pyridine rings is 1. The van der Waals surface area contributed by atoms with E-state index in [1.807, 2.05) is 30.1 Å². The van der Waals surface area contributed by atoms with E-state index in [4.69, 9.17) is 16.2 Å². The van der Waals surface area contributed by atoms with Crippen LogP contribution in [-0.4, -0.2) is 36.3 Å². The number of ether oxygens (including phenoxy) is 1. The van der Waals surface area contributed by atoms with Crippen molar-refractivity contribution in [1.82, 2.24) is 4.98 Å². The standard InChI is InChI=1S/C17H22N4O3/c1-11(23)24-10-14-12(13-6-7-20-17(19)16(13)18)4-3-5-15(14)21(2)8-9-22/h3-7,22H,8-10,18H2,1-2H3,(H2,19,20). The van der Waals surface area contributed by atoms with Gasteiger partial charge in [-0.2, -0.15) is 0 Å². The number of aromatic nitrogens is 1. The predicted molar refractivity (Wildman–Crippen MR) is 94.3 cm³/mol. The van der Waals surface area contributed by atoms with Crippen LogP contribution in [0.15, 0.2) is 30.5 Å². The molecule has 0 aliphatic rings. The van der Waals surface area contributed by atoms with Gasteiger partial charge >= 0.3 is 5.97 Å². The first-order valence-electron chi connectivity index (χ1n) is 7.53. The van der Waals surface area contributed by atoms with E-state index in [9.17, 15) is 9.90 Å². The summed E-state index contributed by atoms with van der Waals surface area (Å²) in [5.41, 5.74) is 15.4. The van der Waals surface area contributed by atoms with E-state index >= 15 is 0 Å². The van der Waals surface area contributed by atoms with Crippen molar-refractivity contribution in [2.45, 2.75) is 13.5 Å². The molecule has 0 bridgehead atoms. The Hall–Kier alpha value is -2.80. The Morgan fingerprint density at radius 2 is 2.04 bits per heavy atom. The first-order valence-corrected chi connectivity index (χ1v) is 7.53. The van der Waals surface area contributed by atoms with Crippen molar-refractivity contribution in [2.75, 3.05) is 36.6 Å². The molecule has 128 valence electrons. The summed E-state index contributed by atoms with van der Waals surface area (Å²) < 4.78 is 5.21. The van der Waals surface area contributed by atoms with Crippen molar-refractivity contribution >= 4 is 23.2 Å². The van der Waals surface area contributed by atoms with Crippen molar-refractivity contribution in [2.24, 2.45) is 0 Å². The summed E-state index contributed by atoms with van der Waals surface area (Å²) >= 11 is 0. The number of hydrogen-bond donors (Lipinski definition) is 3. The molecule has 0 aliphatic carbocycles. The zero-order valence-electron chi connectivity index (χ0n) is 13.8. The molecular weight excluding hydrogens is 308 g/mol. The molecule has 0 spiro atoms. The number of nitrogens with two attached hydrogens (primary N) is 2. The SMILES string of the molecule is CC(=O)OCc1c(-c2ccnc(N)c2N)cccc1N(C)CCO. The Bertz CT molecular complexity index is 734.